The van der Waals surface area contributed by atoms with Crippen LogP contribution in [0.1, 0.15) is 30.8 Å². The summed E-state index contributed by atoms with van der Waals surface area (Å²) in [6.07, 6.45) is 0.730. The van der Waals surface area contributed by atoms with Crippen LogP contribution in [0, 0.1) is 0 Å². The van der Waals surface area contributed by atoms with Crippen molar-refractivity contribution in [1.29, 1.82) is 0 Å². The van der Waals surface area contributed by atoms with E-state index in [1.807, 2.05) is 98.9 Å². The zero-order valence-electron chi connectivity index (χ0n) is 19.2. The predicted octanol–water partition coefficient (Wildman–Crippen LogP) is 6.17. The second kappa shape index (κ2) is 10.2. The highest BCUT2D eigenvalue weighted by atomic mass is 16.5. The fourth-order valence-corrected chi connectivity index (χ4v) is 3.87. The number of aromatic nitrogens is 1. The number of methoxy groups -OCH3 is 1. The van der Waals surface area contributed by atoms with Crippen LogP contribution < -0.4 is 4.74 Å². The molecule has 33 heavy (non-hydrogen) atoms. The van der Waals surface area contributed by atoms with Crippen LogP contribution in [0.3, 0.4) is 0 Å². The molecule has 0 aliphatic heterocycles. The number of carbonyl (C=O) groups excluding carboxylic acids is 1. The normalized spacial score (nSPS) is 11.7. The molecule has 0 radical (unpaired) electrons. The van der Waals surface area contributed by atoms with Gasteiger partial charge in [-0.15, -0.1) is 0 Å². The van der Waals surface area contributed by atoms with E-state index in [0.717, 1.165) is 33.9 Å². The molecule has 0 bridgehead atoms. The minimum absolute atomic E-state index is 0.0223. The smallest absolute Gasteiger partial charge is 0.223 e. The number of hydrogen-bond donors (Lipinski definition) is 0. The molecule has 4 aromatic rings. The van der Waals surface area contributed by atoms with Crippen LogP contribution in [0.25, 0.3) is 22.6 Å². The first-order chi connectivity index (χ1) is 16.1. The molecule has 0 fully saturated rings. The molecule has 0 N–H and O–H groups in total. The minimum atomic E-state index is -0.113. The van der Waals surface area contributed by atoms with Crippen molar-refractivity contribution >= 4 is 5.91 Å². The van der Waals surface area contributed by atoms with Gasteiger partial charge in [0.15, 0.2) is 11.7 Å². The number of benzene rings is 3. The summed E-state index contributed by atoms with van der Waals surface area (Å²) in [4.78, 5) is 19.5. The maximum Gasteiger partial charge on any atom is 0.223 e. The zero-order chi connectivity index (χ0) is 23.2. The van der Waals surface area contributed by atoms with Crippen LogP contribution in [0.4, 0.5) is 0 Å². The van der Waals surface area contributed by atoms with Crippen LogP contribution in [0.15, 0.2) is 89.3 Å². The summed E-state index contributed by atoms with van der Waals surface area (Å²) >= 11 is 0. The summed E-state index contributed by atoms with van der Waals surface area (Å²) in [5.41, 5.74) is 3.72. The summed E-state index contributed by atoms with van der Waals surface area (Å²) in [6.45, 7) is 2.00. The van der Waals surface area contributed by atoms with E-state index in [4.69, 9.17) is 14.1 Å². The lowest BCUT2D eigenvalue weighted by Crippen LogP contribution is -2.30. The van der Waals surface area contributed by atoms with E-state index in [2.05, 4.69) is 0 Å². The van der Waals surface area contributed by atoms with E-state index in [9.17, 15) is 4.79 Å². The van der Waals surface area contributed by atoms with Crippen LogP contribution in [-0.2, 0) is 11.2 Å². The van der Waals surface area contributed by atoms with E-state index in [-0.39, 0.29) is 11.9 Å². The average Bonchev–Trinajstić information content (AvgIpc) is 3.31. The van der Waals surface area contributed by atoms with Crippen LogP contribution >= 0.6 is 0 Å². The Morgan fingerprint density at radius 2 is 1.55 bits per heavy atom. The average molecular weight is 441 g/mol. The Balaban J connectivity index is 1.52. The first-order valence-corrected chi connectivity index (χ1v) is 11.1. The molecule has 0 unspecified atom stereocenters. The molecule has 0 spiro atoms. The number of oxazole rings is 1. The third kappa shape index (κ3) is 4.98. The first-order valence-electron chi connectivity index (χ1n) is 11.1. The Morgan fingerprint density at radius 3 is 2.21 bits per heavy atom. The van der Waals surface area contributed by atoms with E-state index < -0.39 is 0 Å². The van der Waals surface area contributed by atoms with Gasteiger partial charge in [0, 0.05) is 36.6 Å². The SMILES string of the molecule is COc1ccccc1[C@@H](C)N(C)C(=O)CCc1nc(-c2ccccc2)c(-c2ccccc2)o1. The number of aryl methyl sites for hydroxylation is 1. The molecule has 3 aromatic carbocycles. The third-order valence-electron chi connectivity index (χ3n) is 5.87. The third-order valence-corrected chi connectivity index (χ3v) is 5.87. The van der Waals surface area contributed by atoms with E-state index in [1.165, 1.54) is 0 Å². The number of nitrogens with zero attached hydrogens (tertiary/aromatic N) is 2. The molecule has 0 saturated carbocycles. The number of para-hydroxylation sites is 1. The second-order valence-corrected chi connectivity index (χ2v) is 7.94. The molecule has 0 saturated heterocycles. The van der Waals surface area contributed by atoms with Gasteiger partial charge in [-0.3, -0.25) is 4.79 Å². The van der Waals surface area contributed by atoms with Crippen LogP contribution in [0.5, 0.6) is 5.75 Å². The van der Waals surface area contributed by atoms with Gasteiger partial charge in [0.2, 0.25) is 5.91 Å². The second-order valence-electron chi connectivity index (χ2n) is 7.94. The van der Waals surface area contributed by atoms with Crippen molar-refractivity contribution in [3.63, 3.8) is 0 Å². The van der Waals surface area contributed by atoms with Gasteiger partial charge in [0.25, 0.3) is 0 Å². The topological polar surface area (TPSA) is 55.6 Å². The van der Waals surface area contributed by atoms with Gasteiger partial charge in [-0.25, -0.2) is 4.98 Å². The molecular weight excluding hydrogens is 412 g/mol. The fourth-order valence-electron chi connectivity index (χ4n) is 3.87. The molecule has 5 nitrogen and oxygen atoms in total. The molecule has 168 valence electrons. The Morgan fingerprint density at radius 1 is 0.939 bits per heavy atom. The summed E-state index contributed by atoms with van der Waals surface area (Å²) in [7, 11) is 3.46. The van der Waals surface area contributed by atoms with Crippen molar-refractivity contribution in [2.45, 2.75) is 25.8 Å². The van der Waals surface area contributed by atoms with Crippen LogP contribution in [0.2, 0.25) is 0 Å². The maximum absolute atomic E-state index is 13.0. The Hall–Kier alpha value is -3.86. The Labute approximate surface area is 194 Å². The summed E-state index contributed by atoms with van der Waals surface area (Å²) in [5.74, 6) is 2.07. The summed E-state index contributed by atoms with van der Waals surface area (Å²) in [6, 6.07) is 27.6. The van der Waals surface area contributed by atoms with Gasteiger partial charge >= 0.3 is 0 Å². The van der Waals surface area contributed by atoms with Gasteiger partial charge in [-0.2, -0.15) is 0 Å². The molecule has 5 heteroatoms. The van der Waals surface area contributed by atoms with Crippen molar-refractivity contribution in [3.8, 4) is 28.3 Å². The van der Waals surface area contributed by atoms with E-state index >= 15 is 0 Å². The lowest BCUT2D eigenvalue weighted by atomic mass is 10.1. The van der Waals surface area contributed by atoms with Crippen molar-refractivity contribution in [1.82, 2.24) is 9.88 Å². The Bertz CT molecular complexity index is 1150. The molecule has 1 amide bonds. The highest BCUT2D eigenvalue weighted by Crippen LogP contribution is 2.33. The lowest BCUT2D eigenvalue weighted by Gasteiger charge is -2.26. The standard InChI is InChI=1S/C28H28N2O3/c1-20(23-16-10-11-17-24(23)32-3)30(2)26(31)19-18-25-29-27(21-12-6-4-7-13-21)28(33-25)22-14-8-5-9-15-22/h4-17,20H,18-19H2,1-3H3/t20-/m1/s1. The number of carbonyl (C=O) groups is 1. The van der Waals surface area contributed by atoms with Gasteiger partial charge in [0.1, 0.15) is 11.4 Å². The van der Waals surface area contributed by atoms with Gasteiger partial charge in [-0.05, 0) is 13.0 Å². The molecule has 0 aliphatic carbocycles. The van der Waals surface area contributed by atoms with Crippen molar-refractivity contribution in [2.75, 3.05) is 14.2 Å². The van der Waals surface area contributed by atoms with Crippen molar-refractivity contribution in [3.05, 3.63) is 96.4 Å². The lowest BCUT2D eigenvalue weighted by molar-refractivity contribution is -0.131. The monoisotopic (exact) mass is 440 g/mol. The molecular formula is C28H28N2O3. The largest absolute Gasteiger partial charge is 0.496 e. The summed E-state index contributed by atoms with van der Waals surface area (Å²) < 4.78 is 11.6. The molecule has 4 rings (SSSR count). The highest BCUT2D eigenvalue weighted by Gasteiger charge is 2.22. The first kappa shape index (κ1) is 22.3. The van der Waals surface area contributed by atoms with E-state index in [1.54, 1.807) is 12.0 Å². The van der Waals surface area contributed by atoms with Gasteiger partial charge in [-0.1, -0.05) is 78.9 Å². The van der Waals surface area contributed by atoms with Gasteiger partial charge < -0.3 is 14.1 Å². The molecule has 1 atom stereocenters. The summed E-state index contributed by atoms with van der Waals surface area (Å²) in [5, 5.41) is 0. The van der Waals surface area contributed by atoms with Gasteiger partial charge in [0.05, 0.1) is 13.2 Å². The molecule has 1 aromatic heterocycles. The van der Waals surface area contributed by atoms with Crippen molar-refractivity contribution < 1.29 is 13.9 Å². The fraction of sp³-hybridized carbons (Fsp3) is 0.214. The zero-order valence-corrected chi connectivity index (χ0v) is 19.2. The number of rotatable bonds is 8. The highest BCUT2D eigenvalue weighted by molar-refractivity contribution is 5.78. The maximum atomic E-state index is 13.0. The van der Waals surface area contributed by atoms with Crippen molar-refractivity contribution in [2.24, 2.45) is 0 Å². The van der Waals surface area contributed by atoms with Crippen LogP contribution in [-0.4, -0.2) is 29.9 Å². The quantitative estimate of drug-likeness (QED) is 0.329. The van der Waals surface area contributed by atoms with E-state index in [0.29, 0.717) is 18.7 Å². The number of ether oxygens (including phenoxy) is 1. The molecule has 1 heterocycles. The molecule has 0 aliphatic rings. The number of amides is 1. The minimum Gasteiger partial charge on any atom is -0.496 e. The number of hydrogen-bond acceptors (Lipinski definition) is 4. The predicted molar refractivity (Wildman–Crippen MR) is 130 cm³/mol. The Kier molecular flexibility index (Phi) is 6.89.